The van der Waals surface area contributed by atoms with Crippen molar-refractivity contribution in [3.63, 3.8) is 0 Å². The molecule has 2 aromatic rings. The number of carbonyl (C=O) groups is 2. The van der Waals surface area contributed by atoms with E-state index < -0.39 is 32.0 Å². The molecule has 8 nitrogen and oxygen atoms in total. The predicted molar refractivity (Wildman–Crippen MR) is 126 cm³/mol. The normalized spacial score (nSPS) is 18.9. The number of benzene rings is 2. The maximum absolute atomic E-state index is 14.2. The van der Waals surface area contributed by atoms with Gasteiger partial charge in [-0.3, -0.25) is 14.3 Å². The molecule has 3 N–H and O–H groups in total. The molecule has 184 valence electrons. The first-order chi connectivity index (χ1) is 16.6. The number of nitrogens with one attached hydrogen (secondary N) is 3. The van der Waals surface area contributed by atoms with Gasteiger partial charge in [0, 0.05) is 37.9 Å². The summed E-state index contributed by atoms with van der Waals surface area (Å²) in [6, 6.07) is 5.32. The molecule has 1 fully saturated rings. The molecule has 0 unspecified atom stereocenters. The van der Waals surface area contributed by atoms with Gasteiger partial charge in [0.25, 0.3) is 10.0 Å². The van der Waals surface area contributed by atoms with Crippen LogP contribution in [0.1, 0.15) is 37.7 Å². The number of anilines is 3. The lowest BCUT2D eigenvalue weighted by atomic mass is 9.80. The van der Waals surface area contributed by atoms with E-state index in [0.717, 1.165) is 25.0 Å². The minimum absolute atomic E-state index is 0.123. The third kappa shape index (κ3) is 4.03. The number of nitrogens with zero attached hydrogens (tertiary/aromatic N) is 1. The Morgan fingerprint density at radius 1 is 1.09 bits per heavy atom. The third-order valence-electron chi connectivity index (χ3n) is 6.91. The zero-order chi connectivity index (χ0) is 25.0. The second-order valence-electron chi connectivity index (χ2n) is 9.17. The van der Waals surface area contributed by atoms with E-state index in [1.807, 2.05) is 0 Å². The van der Waals surface area contributed by atoms with Gasteiger partial charge in [0.15, 0.2) is 0 Å². The highest BCUT2D eigenvalue weighted by molar-refractivity contribution is 7.92. The van der Waals surface area contributed by atoms with Gasteiger partial charge in [-0.15, -0.1) is 0 Å². The fourth-order valence-electron chi connectivity index (χ4n) is 5.05. The summed E-state index contributed by atoms with van der Waals surface area (Å²) in [6.45, 7) is 0.506. The fraction of sp³-hybridized carbons (Fsp3) is 0.333. The first-order valence-electron chi connectivity index (χ1n) is 11.3. The van der Waals surface area contributed by atoms with Crippen LogP contribution < -0.4 is 15.4 Å². The lowest BCUT2D eigenvalue weighted by Gasteiger charge is -2.25. The van der Waals surface area contributed by atoms with E-state index in [0.29, 0.717) is 54.5 Å². The van der Waals surface area contributed by atoms with Crippen LogP contribution in [-0.2, 0) is 25.0 Å². The van der Waals surface area contributed by atoms with E-state index >= 15 is 0 Å². The molecule has 2 amide bonds. The van der Waals surface area contributed by atoms with Crippen LogP contribution in [0.25, 0.3) is 0 Å². The van der Waals surface area contributed by atoms with E-state index in [4.69, 9.17) is 0 Å². The Morgan fingerprint density at radius 3 is 2.51 bits per heavy atom. The van der Waals surface area contributed by atoms with E-state index in [1.54, 1.807) is 18.0 Å². The van der Waals surface area contributed by atoms with Crippen LogP contribution in [0.3, 0.4) is 0 Å². The standard InChI is InChI=1S/C24H24F2N4O4S/c1-30-9-6-15(13-21(30)31)27-19-12-16(29-35(33,34)20-5-4-14(25)10-18(20)26)11-17-22(19)28-23(32)24(17)7-2-3-8-24/h4-5,10-13,27,29H,2-3,6-9H2,1H3,(H,28,32). The Morgan fingerprint density at radius 2 is 1.83 bits per heavy atom. The summed E-state index contributed by atoms with van der Waals surface area (Å²) < 4.78 is 55.8. The van der Waals surface area contributed by atoms with Crippen LogP contribution in [-0.4, -0.2) is 38.7 Å². The molecule has 3 aliphatic rings. The van der Waals surface area contributed by atoms with Crippen LogP contribution in [0.2, 0.25) is 0 Å². The molecule has 2 aliphatic heterocycles. The maximum atomic E-state index is 14.2. The van der Waals surface area contributed by atoms with Gasteiger partial charge in [-0.1, -0.05) is 12.8 Å². The van der Waals surface area contributed by atoms with Gasteiger partial charge in [0.2, 0.25) is 11.8 Å². The lowest BCUT2D eigenvalue weighted by molar-refractivity contribution is -0.125. The van der Waals surface area contributed by atoms with Gasteiger partial charge in [-0.25, -0.2) is 17.2 Å². The molecule has 2 heterocycles. The summed E-state index contributed by atoms with van der Waals surface area (Å²) in [5.41, 5.74) is 1.60. The molecule has 0 bridgehead atoms. The molecule has 0 aromatic heterocycles. The van der Waals surface area contributed by atoms with Gasteiger partial charge in [-0.05, 0) is 42.7 Å². The van der Waals surface area contributed by atoms with Crippen LogP contribution in [0.4, 0.5) is 25.8 Å². The van der Waals surface area contributed by atoms with Gasteiger partial charge in [-0.2, -0.15) is 0 Å². The lowest BCUT2D eigenvalue weighted by Crippen LogP contribution is -2.31. The van der Waals surface area contributed by atoms with Gasteiger partial charge in [0.1, 0.15) is 16.5 Å². The number of likely N-dealkylation sites (N-methyl/N-ethyl adjacent to an activating group) is 1. The minimum atomic E-state index is -4.39. The molecule has 0 atom stereocenters. The fourth-order valence-corrected chi connectivity index (χ4v) is 6.15. The summed E-state index contributed by atoms with van der Waals surface area (Å²) >= 11 is 0. The Bertz CT molecular complexity index is 1380. The molecule has 2 aromatic carbocycles. The Labute approximate surface area is 201 Å². The number of rotatable bonds is 5. The molecular formula is C24H24F2N4O4S. The molecule has 11 heteroatoms. The molecule has 1 spiro atoms. The van der Waals surface area contributed by atoms with Crippen LogP contribution in [0, 0.1) is 11.6 Å². The van der Waals surface area contributed by atoms with E-state index in [2.05, 4.69) is 15.4 Å². The van der Waals surface area contributed by atoms with Crippen LogP contribution in [0.15, 0.2) is 47.0 Å². The molecule has 1 aliphatic carbocycles. The molecule has 1 saturated carbocycles. The molecular weight excluding hydrogens is 478 g/mol. The van der Waals surface area contributed by atoms with Crippen molar-refractivity contribution in [1.82, 2.24) is 4.90 Å². The Kier molecular flexibility index (Phi) is 5.54. The molecule has 0 saturated heterocycles. The SMILES string of the molecule is CN1CCC(Nc2cc(NS(=O)(=O)c3ccc(F)cc3F)cc3c2NC(=O)C32CCCC2)=CC1=O. The predicted octanol–water partition coefficient (Wildman–Crippen LogP) is 3.69. The van der Waals surface area contributed by atoms with Gasteiger partial charge >= 0.3 is 0 Å². The maximum Gasteiger partial charge on any atom is 0.264 e. The van der Waals surface area contributed by atoms with Crippen molar-refractivity contribution in [3.8, 4) is 0 Å². The van der Waals surface area contributed by atoms with Gasteiger partial charge < -0.3 is 15.5 Å². The zero-order valence-corrected chi connectivity index (χ0v) is 19.8. The van der Waals surface area contributed by atoms with Gasteiger partial charge in [0.05, 0.1) is 22.5 Å². The quantitative estimate of drug-likeness (QED) is 0.578. The Hall–Kier alpha value is -3.47. The summed E-state index contributed by atoms with van der Waals surface area (Å²) in [5, 5.41) is 6.13. The summed E-state index contributed by atoms with van der Waals surface area (Å²) in [4.78, 5) is 26.1. The second kappa shape index (κ2) is 8.33. The molecule has 0 radical (unpaired) electrons. The average molecular weight is 503 g/mol. The largest absolute Gasteiger partial charge is 0.357 e. The van der Waals surface area contributed by atoms with Crippen molar-refractivity contribution < 1.29 is 26.8 Å². The molecule has 35 heavy (non-hydrogen) atoms. The topological polar surface area (TPSA) is 108 Å². The Balaban J connectivity index is 1.58. The number of hydrogen-bond acceptors (Lipinski definition) is 5. The number of halogens is 2. The number of carbonyl (C=O) groups excluding carboxylic acids is 2. The first-order valence-corrected chi connectivity index (χ1v) is 12.8. The summed E-state index contributed by atoms with van der Waals surface area (Å²) in [7, 11) is -2.70. The van der Waals surface area contributed by atoms with Crippen LogP contribution >= 0.6 is 0 Å². The van der Waals surface area contributed by atoms with E-state index in [9.17, 15) is 26.8 Å². The first kappa shape index (κ1) is 23.3. The number of amides is 2. The highest BCUT2D eigenvalue weighted by Crippen LogP contribution is 2.52. The summed E-state index contributed by atoms with van der Waals surface area (Å²) in [6.07, 6.45) is 4.98. The smallest absolute Gasteiger partial charge is 0.264 e. The number of sulfonamides is 1. The highest BCUT2D eigenvalue weighted by Gasteiger charge is 2.49. The zero-order valence-electron chi connectivity index (χ0n) is 19.0. The van der Waals surface area contributed by atoms with Crippen molar-refractivity contribution in [2.45, 2.75) is 42.4 Å². The third-order valence-corrected chi connectivity index (χ3v) is 8.32. The second-order valence-corrected chi connectivity index (χ2v) is 10.8. The number of fused-ring (bicyclic) bond motifs is 2. The van der Waals surface area contributed by atoms with E-state index in [-0.39, 0.29) is 17.5 Å². The van der Waals surface area contributed by atoms with Crippen LogP contribution in [0.5, 0.6) is 0 Å². The molecule has 5 rings (SSSR count). The minimum Gasteiger partial charge on any atom is -0.357 e. The average Bonchev–Trinajstić information content (AvgIpc) is 3.38. The summed E-state index contributed by atoms with van der Waals surface area (Å²) in [5.74, 6) is -2.42. The van der Waals surface area contributed by atoms with Crippen molar-refractivity contribution in [2.75, 3.05) is 28.9 Å². The van der Waals surface area contributed by atoms with Crippen molar-refractivity contribution in [2.24, 2.45) is 0 Å². The van der Waals surface area contributed by atoms with Crippen molar-refractivity contribution in [1.29, 1.82) is 0 Å². The number of hydrogen-bond donors (Lipinski definition) is 3. The van der Waals surface area contributed by atoms with Crippen molar-refractivity contribution >= 4 is 38.9 Å². The van der Waals surface area contributed by atoms with Crippen molar-refractivity contribution in [3.05, 3.63) is 59.3 Å². The monoisotopic (exact) mass is 502 g/mol. The highest BCUT2D eigenvalue weighted by atomic mass is 32.2. The van der Waals surface area contributed by atoms with E-state index in [1.165, 1.54) is 12.1 Å².